The van der Waals surface area contributed by atoms with Crippen LogP contribution in [0.2, 0.25) is 0 Å². The van der Waals surface area contributed by atoms with Crippen LogP contribution in [0, 0.1) is 0 Å². The second kappa shape index (κ2) is 12.8. The molecule has 10 N–H and O–H groups in total. The van der Waals surface area contributed by atoms with Gasteiger partial charge in [0.15, 0.2) is 0 Å². The Morgan fingerprint density at radius 3 is 2.00 bits per heavy atom. The van der Waals surface area contributed by atoms with E-state index in [1.165, 1.54) is 0 Å². The Balaban J connectivity index is 0. The summed E-state index contributed by atoms with van der Waals surface area (Å²) in [4.78, 5) is 0. The third kappa shape index (κ3) is 14.3. The first kappa shape index (κ1) is 16.2. The summed E-state index contributed by atoms with van der Waals surface area (Å²) in [5.74, 6) is 0. The van der Waals surface area contributed by atoms with Crippen LogP contribution in [0.15, 0.2) is 0 Å². The zero-order valence-corrected chi connectivity index (χ0v) is 9.18. The highest BCUT2D eigenvalue weighted by Gasteiger charge is 1.90. The molecular weight excluding hydrogens is 180 g/mol. The topological polar surface area (TPSA) is 123 Å². The summed E-state index contributed by atoms with van der Waals surface area (Å²) in [5.41, 5.74) is 10.8. The molecule has 0 radical (unpaired) electrons. The van der Waals surface area contributed by atoms with Gasteiger partial charge in [-0.1, -0.05) is 0 Å². The molecule has 1 atom stereocenters. The van der Waals surface area contributed by atoms with E-state index in [-0.39, 0.29) is 12.3 Å². The Hall–Kier alpha value is -0.240. The van der Waals surface area contributed by atoms with Gasteiger partial charge in [0, 0.05) is 39.3 Å². The standard InChI is InChI=1S/C8H23N5.H3N/c1-8(10)13-7-6-12-5-4-11-3-2-9;/h8,11-13H,2-7,9-10H2,1H3;1H3. The van der Waals surface area contributed by atoms with Crippen LogP contribution in [-0.2, 0) is 0 Å². The molecular formula is C8H26N6. The maximum absolute atomic E-state index is 5.51. The highest BCUT2D eigenvalue weighted by molar-refractivity contribution is 4.56. The minimum absolute atomic E-state index is 0. The quantitative estimate of drug-likeness (QED) is 0.195. The number of rotatable bonds is 9. The normalized spacial score (nSPS) is 12.2. The minimum atomic E-state index is 0. The van der Waals surface area contributed by atoms with Gasteiger partial charge >= 0.3 is 0 Å². The Morgan fingerprint density at radius 2 is 1.50 bits per heavy atom. The fraction of sp³-hybridized carbons (Fsp3) is 1.00. The number of hydrogen-bond donors (Lipinski definition) is 6. The SMILES string of the molecule is CC(N)NCCNCCNCCN.N. The first-order chi connectivity index (χ1) is 6.27. The van der Waals surface area contributed by atoms with Crippen LogP contribution < -0.4 is 33.6 Å². The highest BCUT2D eigenvalue weighted by Crippen LogP contribution is 1.64. The predicted octanol–water partition coefficient (Wildman–Crippen LogP) is -1.82. The minimum Gasteiger partial charge on any atom is -0.344 e. The lowest BCUT2D eigenvalue weighted by atomic mass is 10.5. The lowest BCUT2D eigenvalue weighted by molar-refractivity contribution is 0.534. The van der Waals surface area contributed by atoms with Crippen molar-refractivity contribution in [3.05, 3.63) is 0 Å². The van der Waals surface area contributed by atoms with Gasteiger partial charge in [0.25, 0.3) is 0 Å². The second-order valence-corrected chi connectivity index (χ2v) is 3.03. The molecule has 0 aliphatic carbocycles. The monoisotopic (exact) mass is 206 g/mol. The van der Waals surface area contributed by atoms with E-state index in [0.717, 1.165) is 32.7 Å². The smallest absolute Gasteiger partial charge is 0.0517 e. The van der Waals surface area contributed by atoms with Crippen LogP contribution >= 0.6 is 0 Å². The Morgan fingerprint density at radius 1 is 1.00 bits per heavy atom. The van der Waals surface area contributed by atoms with Gasteiger partial charge in [-0.2, -0.15) is 0 Å². The molecule has 0 aromatic heterocycles. The lowest BCUT2D eigenvalue weighted by Crippen LogP contribution is -2.40. The summed E-state index contributed by atoms with van der Waals surface area (Å²) >= 11 is 0. The third-order valence-corrected chi connectivity index (χ3v) is 1.57. The van der Waals surface area contributed by atoms with E-state index in [2.05, 4.69) is 16.0 Å². The molecule has 0 heterocycles. The molecule has 88 valence electrons. The summed E-state index contributed by atoms with van der Waals surface area (Å²) < 4.78 is 0. The zero-order valence-electron chi connectivity index (χ0n) is 9.18. The predicted molar refractivity (Wildman–Crippen MR) is 61.5 cm³/mol. The van der Waals surface area contributed by atoms with E-state index in [9.17, 15) is 0 Å². The third-order valence-electron chi connectivity index (χ3n) is 1.57. The molecule has 0 saturated carbocycles. The number of nitrogens with one attached hydrogen (secondary N) is 3. The average molecular weight is 206 g/mol. The molecule has 0 saturated heterocycles. The van der Waals surface area contributed by atoms with Crippen LogP contribution in [0.3, 0.4) is 0 Å². The molecule has 0 amide bonds. The van der Waals surface area contributed by atoms with Gasteiger partial charge in [0.2, 0.25) is 0 Å². The Labute approximate surface area is 86.8 Å². The van der Waals surface area contributed by atoms with Crippen molar-refractivity contribution in [2.75, 3.05) is 39.3 Å². The zero-order chi connectivity index (χ0) is 9.94. The maximum Gasteiger partial charge on any atom is 0.0517 e. The van der Waals surface area contributed by atoms with Crippen molar-refractivity contribution in [3.8, 4) is 0 Å². The van der Waals surface area contributed by atoms with Gasteiger partial charge in [-0.3, -0.25) is 0 Å². The maximum atomic E-state index is 5.51. The van der Waals surface area contributed by atoms with Crippen LogP contribution in [0.5, 0.6) is 0 Å². The van der Waals surface area contributed by atoms with Crippen molar-refractivity contribution in [1.29, 1.82) is 0 Å². The van der Waals surface area contributed by atoms with Gasteiger partial charge < -0.3 is 33.6 Å². The van der Waals surface area contributed by atoms with Crippen molar-refractivity contribution < 1.29 is 0 Å². The van der Waals surface area contributed by atoms with Gasteiger partial charge in [0.05, 0.1) is 6.17 Å². The van der Waals surface area contributed by atoms with Crippen molar-refractivity contribution in [1.82, 2.24) is 22.1 Å². The molecule has 0 aromatic rings. The van der Waals surface area contributed by atoms with Crippen LogP contribution in [0.25, 0.3) is 0 Å². The molecule has 0 aromatic carbocycles. The van der Waals surface area contributed by atoms with Gasteiger partial charge in [-0.05, 0) is 6.92 Å². The van der Waals surface area contributed by atoms with Crippen LogP contribution in [0.4, 0.5) is 0 Å². The van der Waals surface area contributed by atoms with E-state index in [1.807, 2.05) is 6.92 Å². The van der Waals surface area contributed by atoms with Crippen molar-refractivity contribution in [2.24, 2.45) is 11.5 Å². The molecule has 1 unspecified atom stereocenters. The van der Waals surface area contributed by atoms with Crippen molar-refractivity contribution in [2.45, 2.75) is 13.1 Å². The summed E-state index contributed by atoms with van der Waals surface area (Å²) in [5, 5.41) is 9.60. The molecule has 14 heavy (non-hydrogen) atoms. The van der Waals surface area contributed by atoms with E-state index >= 15 is 0 Å². The summed E-state index contributed by atoms with van der Waals surface area (Å²) in [6, 6.07) is 0. The molecule has 0 aliphatic rings. The molecule has 0 rings (SSSR count). The van der Waals surface area contributed by atoms with E-state index in [1.54, 1.807) is 0 Å². The fourth-order valence-electron chi connectivity index (χ4n) is 0.917. The van der Waals surface area contributed by atoms with E-state index in [0.29, 0.717) is 6.54 Å². The fourth-order valence-corrected chi connectivity index (χ4v) is 0.917. The first-order valence-electron chi connectivity index (χ1n) is 4.88. The summed E-state index contributed by atoms with van der Waals surface area (Å²) in [6.07, 6.45) is 0.0807. The number of hydrogen-bond acceptors (Lipinski definition) is 6. The summed E-state index contributed by atoms with van der Waals surface area (Å²) in [6.45, 7) is 7.32. The number of nitrogens with two attached hydrogens (primary N) is 2. The van der Waals surface area contributed by atoms with E-state index in [4.69, 9.17) is 11.5 Å². The van der Waals surface area contributed by atoms with Crippen molar-refractivity contribution in [3.63, 3.8) is 0 Å². The van der Waals surface area contributed by atoms with Gasteiger partial charge in [-0.25, -0.2) is 0 Å². The molecule has 0 fully saturated rings. The van der Waals surface area contributed by atoms with Crippen LogP contribution in [0.1, 0.15) is 6.92 Å². The van der Waals surface area contributed by atoms with Gasteiger partial charge in [-0.15, -0.1) is 0 Å². The molecule has 0 aliphatic heterocycles. The Bertz CT molecular complexity index is 97.8. The molecule has 0 spiro atoms. The van der Waals surface area contributed by atoms with Crippen LogP contribution in [-0.4, -0.2) is 45.4 Å². The van der Waals surface area contributed by atoms with Crippen molar-refractivity contribution >= 4 is 0 Å². The average Bonchev–Trinajstić information content (AvgIpc) is 2.09. The summed E-state index contributed by atoms with van der Waals surface area (Å²) in [7, 11) is 0. The first-order valence-corrected chi connectivity index (χ1v) is 4.88. The van der Waals surface area contributed by atoms with E-state index < -0.39 is 0 Å². The highest BCUT2D eigenvalue weighted by atomic mass is 15.0. The largest absolute Gasteiger partial charge is 0.344 e. The second-order valence-electron chi connectivity index (χ2n) is 3.03. The molecule has 6 heteroatoms. The molecule has 0 bridgehead atoms. The van der Waals surface area contributed by atoms with Gasteiger partial charge in [0.1, 0.15) is 0 Å². The lowest BCUT2D eigenvalue weighted by Gasteiger charge is -2.09. The molecule has 6 nitrogen and oxygen atoms in total. The Kier molecular flexibility index (Phi) is 14.8.